The molecule has 0 fully saturated rings. The third-order valence-electron chi connectivity index (χ3n) is 1.76. The first kappa shape index (κ1) is 11.6. The van der Waals surface area contributed by atoms with Crippen LogP contribution in [0.25, 0.3) is 0 Å². The highest BCUT2D eigenvalue weighted by Gasteiger charge is 2.20. The number of ether oxygens (including phenoxy) is 1. The molecule has 1 aromatic rings. The lowest BCUT2D eigenvalue weighted by molar-refractivity contribution is 0.187. The van der Waals surface area contributed by atoms with Crippen molar-refractivity contribution in [3.8, 4) is 5.75 Å². The maximum atomic E-state index is 13.2. The summed E-state index contributed by atoms with van der Waals surface area (Å²) in [6.45, 7) is 0. The van der Waals surface area contributed by atoms with E-state index in [9.17, 15) is 9.50 Å². The number of rotatable bonds is 3. The number of hydrogen-bond donors (Lipinski definition) is 1. The Labute approximate surface area is 91.2 Å². The lowest BCUT2D eigenvalue weighted by Gasteiger charge is -2.13. The summed E-state index contributed by atoms with van der Waals surface area (Å²) in [5.74, 6) is -0.126. The van der Waals surface area contributed by atoms with Gasteiger partial charge in [-0.1, -0.05) is 0 Å². The molecule has 1 N–H and O–H groups in total. The highest BCUT2D eigenvalue weighted by molar-refractivity contribution is 6.44. The second-order valence-corrected chi connectivity index (χ2v) is 3.83. The fourth-order valence-electron chi connectivity index (χ4n) is 1.01. The SMILES string of the molecule is COc1ccc(F)c(C(O)C(Cl)Cl)c1. The van der Waals surface area contributed by atoms with Crippen LogP contribution in [0.5, 0.6) is 5.75 Å². The van der Waals surface area contributed by atoms with Gasteiger partial charge in [-0.2, -0.15) is 0 Å². The second-order valence-electron chi connectivity index (χ2n) is 2.67. The van der Waals surface area contributed by atoms with Gasteiger partial charge in [0.05, 0.1) is 7.11 Å². The van der Waals surface area contributed by atoms with Gasteiger partial charge in [0.1, 0.15) is 22.5 Å². The number of methoxy groups -OCH3 is 1. The summed E-state index contributed by atoms with van der Waals surface area (Å²) in [6, 6.07) is 3.99. The quantitative estimate of drug-likeness (QED) is 0.821. The Morgan fingerprint density at radius 3 is 2.57 bits per heavy atom. The molecule has 14 heavy (non-hydrogen) atoms. The number of aliphatic hydroxyl groups is 1. The normalized spacial score (nSPS) is 13.0. The van der Waals surface area contributed by atoms with Gasteiger partial charge < -0.3 is 9.84 Å². The zero-order chi connectivity index (χ0) is 10.7. The van der Waals surface area contributed by atoms with Gasteiger partial charge in [0.2, 0.25) is 0 Å². The second kappa shape index (κ2) is 4.82. The van der Waals surface area contributed by atoms with Gasteiger partial charge in [-0.05, 0) is 18.2 Å². The fraction of sp³-hybridized carbons (Fsp3) is 0.333. The van der Waals surface area contributed by atoms with Gasteiger partial charge in [0.25, 0.3) is 0 Å². The molecule has 0 aliphatic rings. The van der Waals surface area contributed by atoms with Crippen molar-refractivity contribution < 1.29 is 14.2 Å². The molecule has 1 unspecified atom stereocenters. The minimum Gasteiger partial charge on any atom is -0.497 e. The van der Waals surface area contributed by atoms with Crippen molar-refractivity contribution in [3.05, 3.63) is 29.6 Å². The molecule has 1 aromatic carbocycles. The Hall–Kier alpha value is -0.510. The molecule has 0 aliphatic heterocycles. The molecule has 2 nitrogen and oxygen atoms in total. The van der Waals surface area contributed by atoms with E-state index >= 15 is 0 Å². The van der Waals surface area contributed by atoms with Gasteiger partial charge >= 0.3 is 0 Å². The minimum absolute atomic E-state index is 0.0272. The van der Waals surface area contributed by atoms with Crippen LogP contribution in [0, 0.1) is 5.82 Å². The van der Waals surface area contributed by atoms with E-state index in [0.717, 1.165) is 0 Å². The van der Waals surface area contributed by atoms with Crippen LogP contribution in [0.4, 0.5) is 4.39 Å². The predicted octanol–water partition coefficient (Wildman–Crippen LogP) is 2.67. The summed E-state index contributed by atoms with van der Waals surface area (Å²) in [5, 5.41) is 9.44. The van der Waals surface area contributed by atoms with Crippen LogP contribution in [0.15, 0.2) is 18.2 Å². The van der Waals surface area contributed by atoms with Crippen LogP contribution >= 0.6 is 23.2 Å². The fourth-order valence-corrected chi connectivity index (χ4v) is 1.28. The van der Waals surface area contributed by atoms with Gasteiger partial charge in [-0.25, -0.2) is 4.39 Å². The van der Waals surface area contributed by atoms with Crippen LogP contribution < -0.4 is 4.74 Å². The Balaban J connectivity index is 3.05. The highest BCUT2D eigenvalue weighted by Crippen LogP contribution is 2.28. The van der Waals surface area contributed by atoms with Crippen LogP contribution in [-0.4, -0.2) is 17.1 Å². The summed E-state index contributed by atoms with van der Waals surface area (Å²) >= 11 is 10.9. The van der Waals surface area contributed by atoms with Crippen LogP contribution in [0.3, 0.4) is 0 Å². The lowest BCUT2D eigenvalue weighted by Crippen LogP contribution is -2.08. The minimum atomic E-state index is -1.26. The lowest BCUT2D eigenvalue weighted by atomic mass is 10.1. The molecule has 5 heteroatoms. The molecule has 0 amide bonds. The summed E-state index contributed by atoms with van der Waals surface area (Å²) in [7, 11) is 1.45. The van der Waals surface area contributed by atoms with Crippen LogP contribution in [0.1, 0.15) is 11.7 Å². The first-order valence-electron chi connectivity index (χ1n) is 3.86. The molecular weight excluding hydrogens is 230 g/mol. The molecule has 0 radical (unpaired) electrons. The summed E-state index contributed by atoms with van der Waals surface area (Å²) in [6.07, 6.45) is -1.26. The van der Waals surface area contributed by atoms with E-state index in [1.807, 2.05) is 0 Å². The third-order valence-corrected chi connectivity index (χ3v) is 2.24. The number of benzene rings is 1. The summed E-state index contributed by atoms with van der Waals surface area (Å²) in [4.78, 5) is -1.07. The average molecular weight is 239 g/mol. The number of aliphatic hydroxyl groups excluding tert-OH is 1. The van der Waals surface area contributed by atoms with Crippen LogP contribution in [-0.2, 0) is 0 Å². The molecule has 1 atom stereocenters. The standard InChI is InChI=1S/C9H9Cl2FO2/c1-14-5-2-3-7(12)6(4-5)8(13)9(10)11/h2-4,8-9,13H,1H3. The molecule has 0 saturated heterocycles. The molecule has 0 aromatic heterocycles. The highest BCUT2D eigenvalue weighted by atomic mass is 35.5. The van der Waals surface area contributed by atoms with Crippen molar-refractivity contribution in [2.45, 2.75) is 10.9 Å². The number of alkyl halides is 2. The Kier molecular flexibility index (Phi) is 3.98. The first-order valence-corrected chi connectivity index (χ1v) is 4.73. The van der Waals surface area contributed by atoms with E-state index in [1.54, 1.807) is 0 Å². The van der Waals surface area contributed by atoms with E-state index in [1.165, 1.54) is 25.3 Å². The van der Waals surface area contributed by atoms with Gasteiger partial charge in [-0.15, -0.1) is 23.2 Å². The molecule has 0 saturated carbocycles. The molecule has 78 valence electrons. The van der Waals surface area contributed by atoms with Crippen molar-refractivity contribution in [1.82, 2.24) is 0 Å². The molecule has 0 bridgehead atoms. The van der Waals surface area contributed by atoms with Crippen molar-refractivity contribution in [1.29, 1.82) is 0 Å². The number of halogens is 3. The zero-order valence-electron chi connectivity index (χ0n) is 7.38. The number of hydrogen-bond acceptors (Lipinski definition) is 2. The van der Waals surface area contributed by atoms with Gasteiger partial charge in [0.15, 0.2) is 0 Å². The van der Waals surface area contributed by atoms with Gasteiger partial charge in [0, 0.05) is 5.56 Å². The maximum Gasteiger partial charge on any atom is 0.137 e. The molecule has 1 rings (SSSR count). The summed E-state index contributed by atoms with van der Waals surface area (Å²) < 4.78 is 18.1. The Morgan fingerprint density at radius 1 is 1.43 bits per heavy atom. The monoisotopic (exact) mass is 238 g/mol. The van der Waals surface area contributed by atoms with Crippen molar-refractivity contribution in [2.24, 2.45) is 0 Å². The topological polar surface area (TPSA) is 29.5 Å². The van der Waals surface area contributed by atoms with Crippen molar-refractivity contribution >= 4 is 23.2 Å². The van der Waals surface area contributed by atoms with Crippen molar-refractivity contribution in [2.75, 3.05) is 7.11 Å². The predicted molar refractivity (Wildman–Crippen MR) is 53.4 cm³/mol. The smallest absolute Gasteiger partial charge is 0.137 e. The zero-order valence-corrected chi connectivity index (χ0v) is 8.89. The summed E-state index contributed by atoms with van der Waals surface area (Å²) in [5.41, 5.74) is 0.0272. The van der Waals surface area contributed by atoms with E-state index in [0.29, 0.717) is 5.75 Å². The van der Waals surface area contributed by atoms with E-state index in [2.05, 4.69) is 0 Å². The Morgan fingerprint density at radius 2 is 2.07 bits per heavy atom. The van der Waals surface area contributed by atoms with Crippen LogP contribution in [0.2, 0.25) is 0 Å². The average Bonchev–Trinajstić information content (AvgIpc) is 2.17. The van der Waals surface area contributed by atoms with Gasteiger partial charge in [-0.3, -0.25) is 0 Å². The van der Waals surface area contributed by atoms with E-state index in [4.69, 9.17) is 27.9 Å². The molecular formula is C9H9Cl2FO2. The third kappa shape index (κ3) is 2.50. The first-order chi connectivity index (χ1) is 6.56. The van der Waals surface area contributed by atoms with E-state index < -0.39 is 16.8 Å². The largest absolute Gasteiger partial charge is 0.497 e. The molecule has 0 heterocycles. The molecule has 0 aliphatic carbocycles. The van der Waals surface area contributed by atoms with E-state index in [-0.39, 0.29) is 5.56 Å². The van der Waals surface area contributed by atoms with Crippen molar-refractivity contribution in [3.63, 3.8) is 0 Å². The Bertz CT molecular complexity index is 318. The molecule has 0 spiro atoms. The maximum absolute atomic E-state index is 13.2.